The number of thiol groups is 1. The van der Waals surface area contributed by atoms with Crippen molar-refractivity contribution in [2.45, 2.75) is 59.6 Å². The first kappa shape index (κ1) is 77.1. The Balaban J connectivity index is 0.000000391. The number of nitrogens with two attached hydrogens (primary N) is 4. The molecule has 37 heteroatoms. The van der Waals surface area contributed by atoms with E-state index in [4.69, 9.17) is 87.7 Å². The van der Waals surface area contributed by atoms with Crippen LogP contribution in [0.2, 0.25) is 20.1 Å². The molecule has 4 aromatic carbocycles. The zero-order chi connectivity index (χ0) is 61.0. The molecule has 0 spiro atoms. The van der Waals surface area contributed by atoms with Gasteiger partial charge < -0.3 is 60.5 Å². The van der Waals surface area contributed by atoms with Crippen molar-refractivity contribution in [1.82, 2.24) is 0 Å². The summed E-state index contributed by atoms with van der Waals surface area (Å²) >= 11 is 31.4. The Morgan fingerprint density at radius 1 is 0.448 bits per heavy atom. The van der Waals surface area contributed by atoms with Gasteiger partial charge in [0.25, 0.3) is 0 Å². The summed E-state index contributed by atoms with van der Waals surface area (Å²) in [7, 11) is 0. The number of aromatic carboxylic acids is 1. The summed E-state index contributed by atoms with van der Waals surface area (Å²) < 4.78 is 39.0. The molecule has 0 atom stereocenters. The van der Waals surface area contributed by atoms with Gasteiger partial charge in [-0.3, -0.25) is 14.4 Å². The van der Waals surface area contributed by atoms with E-state index in [0.717, 1.165) is 53.4 Å². The lowest BCUT2D eigenvalue weighted by molar-refractivity contribution is -0.195. The number of anilines is 4. The van der Waals surface area contributed by atoms with Crippen LogP contribution < -0.4 is 44.9 Å². The van der Waals surface area contributed by atoms with Crippen LogP contribution in [0.4, 0.5) is 22.7 Å². The number of carboxylic acids is 1. The van der Waals surface area contributed by atoms with Gasteiger partial charge in [-0.25, -0.2) is 4.79 Å². The van der Waals surface area contributed by atoms with Crippen LogP contribution in [0.1, 0.15) is 78.3 Å². The summed E-state index contributed by atoms with van der Waals surface area (Å²) in [5, 5.41) is 22.6. The fourth-order valence-corrected chi connectivity index (χ4v) is 9.48. The van der Waals surface area contributed by atoms with Crippen LogP contribution in [-0.4, -0.2) is 44.2 Å². The second-order valence-electron chi connectivity index (χ2n) is 15.8. The first-order valence-electron chi connectivity index (χ1n) is 23.1. The van der Waals surface area contributed by atoms with Crippen molar-refractivity contribution in [2.24, 2.45) is 23.6 Å². The van der Waals surface area contributed by atoms with Crippen LogP contribution in [0.25, 0.3) is 0 Å². The third-order valence-corrected chi connectivity index (χ3v) is 14.9. The van der Waals surface area contributed by atoms with E-state index in [9.17, 15) is 24.3 Å². The number of carbonyl (C=O) groups excluding carboxylic acids is 3. The molecule has 0 aliphatic rings. The number of carbonyl (C=O) groups is 4. The van der Waals surface area contributed by atoms with E-state index < -0.39 is 11.1 Å². The maximum atomic E-state index is 11.8. The van der Waals surface area contributed by atoms with Gasteiger partial charge in [0.1, 0.15) is 23.0 Å². The maximum Gasteiger partial charge on any atom is 0.337 e. The number of nitrogens with one attached hydrogen (secondary N) is 4. The summed E-state index contributed by atoms with van der Waals surface area (Å²) in [5.74, 6) is 20.6. The summed E-state index contributed by atoms with van der Waals surface area (Å²) in [5.41, 5.74) is 3.47. The van der Waals surface area contributed by atoms with Gasteiger partial charge in [0, 0.05) is 28.2 Å². The van der Waals surface area contributed by atoms with Gasteiger partial charge in [0.05, 0.1) is 156 Å². The molecule has 8 rings (SSSR count). The van der Waals surface area contributed by atoms with Crippen molar-refractivity contribution in [3.05, 3.63) is 187 Å². The molecule has 0 unspecified atom stereocenters. The predicted octanol–water partition coefficient (Wildman–Crippen LogP) is 11.2. The number of hydrogen-bond donors (Lipinski definition) is 10. The number of rotatable bonds is 28. The third kappa shape index (κ3) is 25.6. The highest BCUT2D eigenvalue weighted by molar-refractivity contribution is 7.97. The van der Waals surface area contributed by atoms with Gasteiger partial charge in [-0.2, -0.15) is 23.6 Å². The molecule has 19 N–H and O–H groups in total. The Morgan fingerprint density at radius 3 is 0.908 bits per heavy atom. The zero-order valence-electron chi connectivity index (χ0n) is 44.8. The minimum absolute atomic E-state index is 0. The highest BCUT2D eigenvalue weighted by atomic mass is 35.5. The van der Waals surface area contributed by atoms with E-state index in [1.165, 1.54) is 38.3 Å². The van der Waals surface area contributed by atoms with E-state index in [1.54, 1.807) is 79.5 Å². The van der Waals surface area contributed by atoms with Gasteiger partial charge in [-0.1, -0.05) is 46.4 Å². The molecule has 4 heterocycles. The largest absolute Gasteiger partial charge is 0.478 e. The second kappa shape index (κ2) is 41.3. The molecule has 0 amide bonds. The first-order chi connectivity index (χ1) is 40.5. The monoisotopic (exact) mass is 1390 g/mol. The average Bonchev–Trinajstić information content (AvgIpc) is 3.99. The Morgan fingerprint density at radius 2 is 0.690 bits per heavy atom. The van der Waals surface area contributed by atoms with Crippen molar-refractivity contribution >= 4 is 153 Å². The summed E-state index contributed by atoms with van der Waals surface area (Å²) in [6, 6.07) is 26.8. The Hall–Kier alpha value is -6.01. The van der Waals surface area contributed by atoms with Gasteiger partial charge in [-0.05, 0) is 111 Å². The van der Waals surface area contributed by atoms with Gasteiger partial charge in [-0.15, -0.1) is 49.9 Å². The molecular weight excluding hydrogens is 1330 g/mol. The molecule has 28 nitrogen and oxygen atoms in total. The SMILES string of the molecule is CC(=O)c1cc(SOON)c(Cl)cc1NCc1ccco1.CC(=O)c1cc(SOON)c(Cl)cc1NCc1ccco1.NOOSc1cc(C(=O)O)c(NCc2ccco2)cc1Cl.NOOSc1cc(C(=O)S)c(NCc2ccco2)cc1Cl.O.O.O. The standard InChI is InChI=1S/2C13H13ClN2O4S.C12H11ClN2O5S.C12H11ClN2O4S2.3H2O/c2*1-8(17)10-5-13(21-20-19-15)11(14)6-12(10)16-7-9-3-2-4-18-9;13-9-5-10(15-6-7-2-1-3-18-7)8(12(16)17)4-11(9)21-20-19-14;13-9-5-10(15-6-7-2-1-3-17-7)8(12(16)20)4-11(9)21-19-18-14;;;/h2*2-6,16H,7,15H2,1H3;1-5,15H,6,14H2,(H,16,17);1-5,15H,6,14H2,(H,16,20);3*1H2. The quantitative estimate of drug-likeness (QED) is 0.00716. The van der Waals surface area contributed by atoms with Crippen molar-refractivity contribution in [3.8, 4) is 0 Å². The number of halogens is 4. The van der Waals surface area contributed by atoms with Crippen LogP contribution in [0.3, 0.4) is 0 Å². The number of carboxylic acid groups (broad SMARTS) is 1. The molecule has 0 bridgehead atoms. The summed E-state index contributed by atoms with van der Waals surface area (Å²) in [4.78, 5) is 64.3. The third-order valence-electron chi connectivity index (χ3n) is 10.3. The highest BCUT2D eigenvalue weighted by Crippen LogP contribution is 2.37. The van der Waals surface area contributed by atoms with Crippen molar-refractivity contribution in [1.29, 1.82) is 0 Å². The number of ketones is 2. The van der Waals surface area contributed by atoms with Gasteiger partial charge >= 0.3 is 5.97 Å². The van der Waals surface area contributed by atoms with E-state index in [2.05, 4.69) is 71.2 Å². The molecule has 472 valence electrons. The summed E-state index contributed by atoms with van der Waals surface area (Å²) in [6.07, 6.45) is 6.27. The van der Waals surface area contributed by atoms with Crippen molar-refractivity contribution in [2.75, 3.05) is 21.3 Å². The van der Waals surface area contributed by atoms with Crippen molar-refractivity contribution in [3.63, 3.8) is 0 Å². The Kier molecular flexibility index (Phi) is 36.6. The topological polar surface area (TPSA) is 462 Å². The molecule has 0 saturated carbocycles. The minimum atomic E-state index is -1.11. The fraction of sp³-hybridized carbons (Fsp3) is 0.120. The number of benzene rings is 4. The highest BCUT2D eigenvalue weighted by Gasteiger charge is 2.19. The molecule has 0 saturated heterocycles. The summed E-state index contributed by atoms with van der Waals surface area (Å²) in [6.45, 7) is 4.56. The predicted molar refractivity (Wildman–Crippen MR) is 330 cm³/mol. The number of furan rings is 4. The maximum absolute atomic E-state index is 11.8. The van der Waals surface area contributed by atoms with Gasteiger partial charge in [0.15, 0.2) is 11.6 Å². The molecule has 0 aliphatic heterocycles. The molecule has 4 aromatic heterocycles. The first-order valence-corrected chi connectivity index (χ1v) is 28.1. The number of Topliss-reactive ketones (excluding diaryl/α,β-unsaturated/α-hetero) is 2. The molecular formula is C50H54Cl4N8O20S5. The molecule has 8 aromatic rings. The van der Waals surface area contributed by atoms with Crippen LogP contribution in [0, 0.1) is 0 Å². The zero-order valence-corrected chi connectivity index (χ0v) is 51.9. The van der Waals surface area contributed by atoms with Crippen LogP contribution in [0.5, 0.6) is 0 Å². The molecule has 0 aliphatic carbocycles. The average molecular weight is 1390 g/mol. The lowest BCUT2D eigenvalue weighted by Gasteiger charge is -2.12. The van der Waals surface area contributed by atoms with Crippen LogP contribution >= 0.6 is 107 Å². The van der Waals surface area contributed by atoms with E-state index in [1.807, 2.05) is 18.2 Å². The fourth-order valence-electron chi connectivity index (χ4n) is 6.60. The second-order valence-corrected chi connectivity index (χ2v) is 20.8. The van der Waals surface area contributed by atoms with Gasteiger partial charge in [0.2, 0.25) is 5.12 Å². The normalized spacial score (nSPS) is 10.2. The van der Waals surface area contributed by atoms with E-state index in [0.29, 0.717) is 123 Å². The lowest BCUT2D eigenvalue weighted by Crippen LogP contribution is -2.06. The van der Waals surface area contributed by atoms with Crippen LogP contribution in [0.15, 0.2) is 159 Å². The molecule has 87 heavy (non-hydrogen) atoms. The molecule has 0 fully saturated rings. The molecule has 0 radical (unpaired) electrons. The van der Waals surface area contributed by atoms with Crippen LogP contribution in [-0.2, 0) is 63.5 Å². The van der Waals surface area contributed by atoms with Crippen molar-refractivity contribution < 1.29 is 95.7 Å². The smallest absolute Gasteiger partial charge is 0.337 e. The van der Waals surface area contributed by atoms with E-state index >= 15 is 0 Å². The number of hydrogen-bond acceptors (Lipinski definition) is 28. The lowest BCUT2D eigenvalue weighted by atomic mass is 10.1. The Labute approximate surface area is 536 Å². The Bertz CT molecular complexity index is 2930. The van der Waals surface area contributed by atoms with E-state index in [-0.39, 0.29) is 33.6 Å². The minimum Gasteiger partial charge on any atom is -0.478 e.